The highest BCUT2D eigenvalue weighted by atomic mass is 16.2. The summed E-state index contributed by atoms with van der Waals surface area (Å²) < 4.78 is 0. The summed E-state index contributed by atoms with van der Waals surface area (Å²) in [6.07, 6.45) is 8.18. The summed E-state index contributed by atoms with van der Waals surface area (Å²) in [5, 5.41) is 3.05. The number of carbonyl (C=O) groups excluding carboxylic acids is 2. The minimum Gasteiger partial charge on any atom is -0.344 e. The summed E-state index contributed by atoms with van der Waals surface area (Å²) in [5.41, 5.74) is 1.14. The van der Waals surface area contributed by atoms with Crippen LogP contribution in [-0.4, -0.2) is 29.3 Å². The van der Waals surface area contributed by atoms with Crippen LogP contribution in [0.4, 0.5) is 0 Å². The first-order chi connectivity index (χ1) is 11.7. The molecule has 4 rings (SSSR count). The number of allylic oxidation sites excluding steroid dienone is 2. The average Bonchev–Trinajstić information content (AvgIpc) is 3.23. The van der Waals surface area contributed by atoms with E-state index in [9.17, 15) is 9.59 Å². The van der Waals surface area contributed by atoms with Crippen molar-refractivity contribution >= 4 is 11.8 Å². The van der Waals surface area contributed by atoms with Crippen LogP contribution in [0.3, 0.4) is 0 Å². The first-order valence-corrected chi connectivity index (χ1v) is 9.02. The molecule has 2 fully saturated rings. The molecule has 1 aliphatic heterocycles. The molecule has 1 aromatic carbocycles. The number of hydrogen-bond acceptors (Lipinski definition) is 2. The van der Waals surface area contributed by atoms with Gasteiger partial charge in [-0.3, -0.25) is 9.59 Å². The lowest BCUT2D eigenvalue weighted by Gasteiger charge is -2.33. The molecule has 1 saturated heterocycles. The van der Waals surface area contributed by atoms with Crippen LogP contribution >= 0.6 is 0 Å². The van der Waals surface area contributed by atoms with E-state index in [1.165, 1.54) is 0 Å². The van der Waals surface area contributed by atoms with Gasteiger partial charge in [0.15, 0.2) is 0 Å². The van der Waals surface area contributed by atoms with Crippen molar-refractivity contribution in [2.24, 2.45) is 17.8 Å². The number of carbonyl (C=O) groups is 2. The predicted octanol–water partition coefficient (Wildman–Crippen LogP) is 2.51. The molecule has 0 aromatic heterocycles. The van der Waals surface area contributed by atoms with Crippen LogP contribution in [0.25, 0.3) is 0 Å². The molecular weight excluding hydrogens is 300 g/mol. The van der Waals surface area contributed by atoms with Crippen molar-refractivity contribution in [2.45, 2.75) is 38.3 Å². The van der Waals surface area contributed by atoms with Crippen LogP contribution in [-0.2, 0) is 16.1 Å². The molecule has 3 aliphatic rings. The number of nitrogens with zero attached hydrogens (tertiary/aromatic N) is 1. The molecule has 2 aliphatic carbocycles. The second-order valence-corrected chi connectivity index (χ2v) is 7.34. The number of hydrogen-bond donors (Lipinski definition) is 1. The lowest BCUT2D eigenvalue weighted by molar-refractivity contribution is -0.140. The van der Waals surface area contributed by atoms with Gasteiger partial charge < -0.3 is 10.2 Å². The number of amides is 2. The monoisotopic (exact) mass is 324 g/mol. The number of piperidine rings is 1. The highest BCUT2D eigenvalue weighted by Gasteiger charge is 2.41. The Bertz CT molecular complexity index is 655. The van der Waals surface area contributed by atoms with Gasteiger partial charge in [0.1, 0.15) is 6.04 Å². The number of likely N-dealkylation sites (tertiary alicyclic amines) is 1. The normalized spacial score (nSPS) is 31.5. The SMILES string of the molecule is O=C(N[C@@H]1CCCN(Cc2ccccc2)C1=O)[C@@H]1C[C@H]2C=C[C@H]1C2. The van der Waals surface area contributed by atoms with E-state index in [-0.39, 0.29) is 23.8 Å². The second kappa shape index (κ2) is 6.42. The summed E-state index contributed by atoms with van der Waals surface area (Å²) in [5.74, 6) is 1.16. The summed E-state index contributed by atoms with van der Waals surface area (Å²) in [6.45, 7) is 1.40. The molecular formula is C20H24N2O2. The third kappa shape index (κ3) is 2.97. The van der Waals surface area contributed by atoms with Crippen molar-refractivity contribution in [3.8, 4) is 0 Å². The van der Waals surface area contributed by atoms with Crippen LogP contribution in [0, 0.1) is 17.8 Å². The fourth-order valence-corrected chi connectivity index (χ4v) is 4.40. The molecule has 1 saturated carbocycles. The third-order valence-corrected chi connectivity index (χ3v) is 5.68. The third-order valence-electron chi connectivity index (χ3n) is 5.68. The molecule has 0 spiro atoms. The van der Waals surface area contributed by atoms with Gasteiger partial charge in [0.2, 0.25) is 11.8 Å². The summed E-state index contributed by atoms with van der Waals surface area (Å²) in [6, 6.07) is 9.69. The van der Waals surface area contributed by atoms with Crippen molar-refractivity contribution in [1.82, 2.24) is 10.2 Å². The summed E-state index contributed by atoms with van der Waals surface area (Å²) >= 11 is 0. The highest BCUT2D eigenvalue weighted by molar-refractivity contribution is 5.89. The molecule has 126 valence electrons. The number of nitrogens with one attached hydrogen (secondary N) is 1. The van der Waals surface area contributed by atoms with Crippen molar-refractivity contribution in [3.05, 3.63) is 48.0 Å². The van der Waals surface area contributed by atoms with Gasteiger partial charge in [-0.2, -0.15) is 0 Å². The van der Waals surface area contributed by atoms with E-state index in [0.717, 1.165) is 37.8 Å². The van der Waals surface area contributed by atoms with Gasteiger partial charge in [-0.25, -0.2) is 0 Å². The highest BCUT2D eigenvalue weighted by Crippen LogP contribution is 2.43. The second-order valence-electron chi connectivity index (χ2n) is 7.34. The smallest absolute Gasteiger partial charge is 0.245 e. The molecule has 2 amide bonds. The van der Waals surface area contributed by atoms with Gasteiger partial charge in [0, 0.05) is 19.0 Å². The zero-order valence-electron chi connectivity index (χ0n) is 13.9. The Balaban J connectivity index is 1.37. The van der Waals surface area contributed by atoms with E-state index >= 15 is 0 Å². The zero-order valence-corrected chi connectivity index (χ0v) is 13.9. The molecule has 4 atom stereocenters. The standard InChI is InChI=1S/C20H24N2O2/c23-19(17-12-15-8-9-16(17)11-15)21-18-7-4-10-22(20(18)24)13-14-5-2-1-3-6-14/h1-3,5-6,8-9,15-18H,4,7,10-13H2,(H,21,23)/t15-,16-,17+,18+/m0/s1. The molecule has 1 heterocycles. The number of benzene rings is 1. The van der Waals surface area contributed by atoms with E-state index in [2.05, 4.69) is 17.5 Å². The van der Waals surface area contributed by atoms with Gasteiger partial charge in [-0.15, -0.1) is 0 Å². The zero-order chi connectivity index (χ0) is 16.5. The largest absolute Gasteiger partial charge is 0.344 e. The predicted molar refractivity (Wildman–Crippen MR) is 91.9 cm³/mol. The summed E-state index contributed by atoms with van der Waals surface area (Å²) in [7, 11) is 0. The van der Waals surface area contributed by atoms with Gasteiger partial charge in [-0.05, 0) is 43.1 Å². The van der Waals surface area contributed by atoms with Gasteiger partial charge >= 0.3 is 0 Å². The lowest BCUT2D eigenvalue weighted by Crippen LogP contribution is -2.53. The molecule has 1 N–H and O–H groups in total. The van der Waals surface area contributed by atoms with Crippen LogP contribution < -0.4 is 5.32 Å². The van der Waals surface area contributed by atoms with E-state index < -0.39 is 0 Å². The number of rotatable bonds is 4. The van der Waals surface area contributed by atoms with Crippen molar-refractivity contribution in [2.75, 3.05) is 6.54 Å². The molecule has 4 nitrogen and oxygen atoms in total. The Morgan fingerprint density at radius 3 is 2.71 bits per heavy atom. The van der Waals surface area contributed by atoms with Crippen molar-refractivity contribution < 1.29 is 9.59 Å². The molecule has 4 heteroatoms. The van der Waals surface area contributed by atoms with Gasteiger partial charge in [0.05, 0.1) is 0 Å². The van der Waals surface area contributed by atoms with E-state index in [1.54, 1.807) is 0 Å². The Morgan fingerprint density at radius 2 is 2.00 bits per heavy atom. The number of fused-ring (bicyclic) bond motifs is 2. The quantitative estimate of drug-likeness (QED) is 0.865. The lowest BCUT2D eigenvalue weighted by atomic mass is 9.92. The molecule has 1 aromatic rings. The van der Waals surface area contributed by atoms with Crippen LogP contribution in [0.5, 0.6) is 0 Å². The Labute approximate surface area is 142 Å². The van der Waals surface area contributed by atoms with E-state index in [1.807, 2.05) is 35.2 Å². The van der Waals surface area contributed by atoms with Gasteiger partial charge in [-0.1, -0.05) is 42.5 Å². The fourth-order valence-electron chi connectivity index (χ4n) is 4.40. The van der Waals surface area contributed by atoms with Crippen LogP contribution in [0.1, 0.15) is 31.2 Å². The first-order valence-electron chi connectivity index (χ1n) is 9.02. The van der Waals surface area contributed by atoms with Crippen LogP contribution in [0.15, 0.2) is 42.5 Å². The Kier molecular flexibility index (Phi) is 4.13. The topological polar surface area (TPSA) is 49.4 Å². The minimum atomic E-state index is -0.349. The maximum atomic E-state index is 12.7. The van der Waals surface area contributed by atoms with E-state index in [4.69, 9.17) is 0 Å². The van der Waals surface area contributed by atoms with Crippen LogP contribution in [0.2, 0.25) is 0 Å². The molecule has 2 bridgehead atoms. The average molecular weight is 324 g/mol. The molecule has 24 heavy (non-hydrogen) atoms. The van der Waals surface area contributed by atoms with Gasteiger partial charge in [0.25, 0.3) is 0 Å². The van der Waals surface area contributed by atoms with Crippen molar-refractivity contribution in [3.63, 3.8) is 0 Å². The fraction of sp³-hybridized carbons (Fsp3) is 0.500. The first kappa shape index (κ1) is 15.4. The minimum absolute atomic E-state index is 0.0668. The molecule has 0 radical (unpaired) electrons. The van der Waals surface area contributed by atoms with Crippen molar-refractivity contribution in [1.29, 1.82) is 0 Å². The maximum Gasteiger partial charge on any atom is 0.245 e. The molecule has 0 unspecified atom stereocenters. The Morgan fingerprint density at radius 1 is 1.17 bits per heavy atom. The summed E-state index contributed by atoms with van der Waals surface area (Å²) in [4.78, 5) is 27.2. The van der Waals surface area contributed by atoms with E-state index in [0.29, 0.717) is 18.4 Å². The Hall–Kier alpha value is -2.10. The maximum absolute atomic E-state index is 12.7.